The van der Waals surface area contributed by atoms with Crippen LogP contribution in [0.1, 0.15) is 17.8 Å². The first-order valence-corrected chi connectivity index (χ1v) is 6.74. The number of hydrogen-bond acceptors (Lipinski definition) is 4. The van der Waals surface area contributed by atoms with Crippen molar-refractivity contribution < 1.29 is 14.3 Å². The molecule has 1 aromatic heterocycles. The number of alkyl carbamates (subject to hydrolysis) is 1. The first kappa shape index (κ1) is 13.2. The molecule has 0 aliphatic carbocycles. The summed E-state index contributed by atoms with van der Waals surface area (Å²) in [5.41, 5.74) is 0. The number of nitrogens with one attached hydrogen (secondary N) is 1. The van der Waals surface area contributed by atoms with E-state index in [1.807, 2.05) is 17.5 Å². The van der Waals surface area contributed by atoms with Crippen LogP contribution in [0.3, 0.4) is 0 Å². The van der Waals surface area contributed by atoms with E-state index in [1.54, 1.807) is 6.92 Å². The maximum absolute atomic E-state index is 11.6. The number of ketones is 1. The van der Waals surface area contributed by atoms with Gasteiger partial charge in [-0.15, -0.1) is 11.3 Å². The molecule has 0 saturated heterocycles. The van der Waals surface area contributed by atoms with Crippen LogP contribution >= 0.6 is 27.3 Å². The Bertz CT molecular complexity index is 353. The van der Waals surface area contributed by atoms with Crippen molar-refractivity contribution in [2.24, 2.45) is 0 Å². The van der Waals surface area contributed by atoms with Gasteiger partial charge in [-0.05, 0) is 18.4 Å². The van der Waals surface area contributed by atoms with Gasteiger partial charge in [-0.2, -0.15) is 0 Å². The molecule has 1 atom stereocenters. The molecule has 6 heteroatoms. The zero-order valence-corrected chi connectivity index (χ0v) is 11.1. The molecule has 1 aromatic rings. The van der Waals surface area contributed by atoms with Gasteiger partial charge < -0.3 is 10.1 Å². The van der Waals surface area contributed by atoms with E-state index in [4.69, 9.17) is 4.74 Å². The third-order valence-corrected chi connectivity index (χ3v) is 3.31. The smallest absolute Gasteiger partial charge is 0.408 e. The highest BCUT2D eigenvalue weighted by Crippen LogP contribution is 2.20. The number of ether oxygens (including phenoxy) is 1. The fraction of sp³-hybridized carbons (Fsp3) is 0.400. The molecule has 1 N–H and O–H groups in total. The minimum atomic E-state index is -0.626. The first-order valence-electron chi connectivity index (χ1n) is 4.74. The third kappa shape index (κ3) is 3.61. The number of thiophene rings is 1. The van der Waals surface area contributed by atoms with Crippen LogP contribution in [0.2, 0.25) is 0 Å². The molecule has 0 radical (unpaired) electrons. The Labute approximate surface area is 106 Å². The number of alkyl halides is 1. The van der Waals surface area contributed by atoms with Crippen LogP contribution in [0.25, 0.3) is 0 Å². The molecule has 0 spiro atoms. The number of halogens is 1. The van der Waals surface area contributed by atoms with Gasteiger partial charge in [0.05, 0.1) is 11.9 Å². The van der Waals surface area contributed by atoms with Crippen molar-refractivity contribution in [2.75, 3.05) is 11.9 Å². The molecule has 0 bridgehead atoms. The summed E-state index contributed by atoms with van der Waals surface area (Å²) in [6.07, 6.45) is -0.574. The van der Waals surface area contributed by atoms with Gasteiger partial charge in [0.15, 0.2) is 5.78 Å². The maximum atomic E-state index is 11.6. The fourth-order valence-electron chi connectivity index (χ4n) is 1.13. The molecule has 1 amide bonds. The highest BCUT2D eigenvalue weighted by molar-refractivity contribution is 9.09. The topological polar surface area (TPSA) is 55.4 Å². The summed E-state index contributed by atoms with van der Waals surface area (Å²) in [6.45, 7) is 2.00. The van der Waals surface area contributed by atoms with Gasteiger partial charge in [-0.3, -0.25) is 4.79 Å². The minimum absolute atomic E-state index is 0.101. The van der Waals surface area contributed by atoms with Gasteiger partial charge in [0.25, 0.3) is 0 Å². The standard InChI is InChI=1S/C10H12BrNO3S/c1-2-15-10(14)12-9(7(13)6-11)8-4-3-5-16-8/h3-5,9H,2,6H2,1H3,(H,12,14). The van der Waals surface area contributed by atoms with E-state index in [9.17, 15) is 9.59 Å². The molecule has 0 aliphatic rings. The molecule has 0 aliphatic heterocycles. The van der Waals surface area contributed by atoms with E-state index in [0.29, 0.717) is 0 Å². The molecule has 1 heterocycles. The van der Waals surface area contributed by atoms with Crippen molar-refractivity contribution in [2.45, 2.75) is 13.0 Å². The summed E-state index contributed by atoms with van der Waals surface area (Å²) in [6, 6.07) is 3.02. The van der Waals surface area contributed by atoms with Crippen molar-refractivity contribution in [1.82, 2.24) is 5.32 Å². The number of Topliss-reactive ketones (excluding diaryl/α,β-unsaturated/α-hetero) is 1. The normalized spacial score (nSPS) is 11.9. The second kappa shape index (κ2) is 6.65. The van der Waals surface area contributed by atoms with Gasteiger partial charge in [0.1, 0.15) is 6.04 Å². The minimum Gasteiger partial charge on any atom is -0.450 e. The van der Waals surface area contributed by atoms with Crippen molar-refractivity contribution in [3.8, 4) is 0 Å². The van der Waals surface area contributed by atoms with Crippen LogP contribution in [0.4, 0.5) is 4.79 Å². The van der Waals surface area contributed by atoms with Gasteiger partial charge in [-0.25, -0.2) is 4.79 Å². The lowest BCUT2D eigenvalue weighted by Gasteiger charge is -2.14. The largest absolute Gasteiger partial charge is 0.450 e. The van der Waals surface area contributed by atoms with Crippen molar-refractivity contribution >= 4 is 39.1 Å². The van der Waals surface area contributed by atoms with Gasteiger partial charge in [-0.1, -0.05) is 22.0 Å². The summed E-state index contributed by atoms with van der Waals surface area (Å²) in [4.78, 5) is 23.7. The van der Waals surface area contributed by atoms with Crippen LogP contribution < -0.4 is 5.32 Å². The lowest BCUT2D eigenvalue weighted by molar-refractivity contribution is -0.118. The molecular formula is C10H12BrNO3S. The molecule has 0 aromatic carbocycles. The number of carbonyl (C=O) groups excluding carboxylic acids is 2. The fourth-order valence-corrected chi connectivity index (χ4v) is 2.26. The van der Waals surface area contributed by atoms with E-state index < -0.39 is 12.1 Å². The SMILES string of the molecule is CCOC(=O)NC(C(=O)CBr)c1cccs1. The first-order chi connectivity index (χ1) is 7.69. The van der Waals surface area contributed by atoms with Crippen LogP contribution in [0.5, 0.6) is 0 Å². The quantitative estimate of drug-likeness (QED) is 0.850. The molecule has 0 saturated carbocycles. The summed E-state index contributed by atoms with van der Waals surface area (Å²) in [5.74, 6) is -0.101. The molecule has 16 heavy (non-hydrogen) atoms. The highest BCUT2D eigenvalue weighted by Gasteiger charge is 2.22. The highest BCUT2D eigenvalue weighted by atomic mass is 79.9. The number of hydrogen-bond donors (Lipinski definition) is 1. The Balaban J connectivity index is 2.73. The lowest BCUT2D eigenvalue weighted by Crippen LogP contribution is -2.34. The maximum Gasteiger partial charge on any atom is 0.408 e. The van der Waals surface area contributed by atoms with Crippen LogP contribution in [0.15, 0.2) is 17.5 Å². The zero-order chi connectivity index (χ0) is 12.0. The van der Waals surface area contributed by atoms with Gasteiger partial charge in [0.2, 0.25) is 0 Å². The monoisotopic (exact) mass is 305 g/mol. The van der Waals surface area contributed by atoms with E-state index in [-0.39, 0.29) is 17.7 Å². The predicted molar refractivity (Wildman–Crippen MR) is 66.0 cm³/mol. The second-order valence-corrected chi connectivity index (χ2v) is 4.45. The second-order valence-electron chi connectivity index (χ2n) is 2.91. The third-order valence-electron chi connectivity index (χ3n) is 1.82. The molecule has 1 unspecified atom stereocenters. The molecule has 88 valence electrons. The summed E-state index contributed by atoms with van der Waals surface area (Å²) < 4.78 is 4.75. The molecular weight excluding hydrogens is 294 g/mol. The van der Waals surface area contributed by atoms with Crippen LogP contribution in [0, 0.1) is 0 Å². The Morgan fingerprint density at radius 1 is 1.62 bits per heavy atom. The van der Waals surface area contributed by atoms with Crippen molar-refractivity contribution in [3.63, 3.8) is 0 Å². The van der Waals surface area contributed by atoms with Crippen molar-refractivity contribution in [1.29, 1.82) is 0 Å². The lowest BCUT2D eigenvalue weighted by atomic mass is 10.2. The number of amides is 1. The Morgan fingerprint density at radius 2 is 2.38 bits per heavy atom. The average molecular weight is 306 g/mol. The van der Waals surface area contributed by atoms with E-state index in [1.165, 1.54) is 11.3 Å². The Kier molecular flexibility index (Phi) is 5.48. The van der Waals surface area contributed by atoms with Gasteiger partial charge in [0, 0.05) is 4.88 Å². The number of rotatable bonds is 5. The summed E-state index contributed by atoms with van der Waals surface area (Å²) in [7, 11) is 0. The Morgan fingerprint density at radius 3 is 2.88 bits per heavy atom. The van der Waals surface area contributed by atoms with E-state index in [2.05, 4.69) is 21.2 Å². The summed E-state index contributed by atoms with van der Waals surface area (Å²) in [5, 5.41) is 4.59. The Hall–Kier alpha value is -0.880. The molecule has 1 rings (SSSR count). The summed E-state index contributed by atoms with van der Waals surface area (Å²) >= 11 is 4.52. The molecule has 0 fully saturated rings. The predicted octanol–water partition coefficient (Wildman–Crippen LogP) is 2.50. The van der Waals surface area contributed by atoms with Crippen molar-refractivity contribution in [3.05, 3.63) is 22.4 Å². The van der Waals surface area contributed by atoms with E-state index in [0.717, 1.165) is 4.88 Å². The van der Waals surface area contributed by atoms with Crippen LogP contribution in [-0.2, 0) is 9.53 Å². The van der Waals surface area contributed by atoms with Gasteiger partial charge >= 0.3 is 6.09 Å². The average Bonchev–Trinajstić information content (AvgIpc) is 2.78. The molecule has 4 nitrogen and oxygen atoms in total. The van der Waals surface area contributed by atoms with Crippen LogP contribution in [-0.4, -0.2) is 23.8 Å². The van der Waals surface area contributed by atoms with E-state index >= 15 is 0 Å². The zero-order valence-electron chi connectivity index (χ0n) is 8.73. The number of carbonyl (C=O) groups is 2.